The highest BCUT2D eigenvalue weighted by Crippen LogP contribution is 2.51. The molecule has 1 aliphatic heterocycles. The quantitative estimate of drug-likeness (QED) is 0.337. The molecule has 1 atom stereocenters. The summed E-state index contributed by atoms with van der Waals surface area (Å²) in [7, 11) is 0. The van der Waals surface area contributed by atoms with E-state index in [9.17, 15) is 14.4 Å². The summed E-state index contributed by atoms with van der Waals surface area (Å²) >= 11 is 6.12. The fraction of sp³-hybridized carbons (Fsp3) is 0.294. The molecule has 0 saturated heterocycles. The van der Waals surface area contributed by atoms with Gasteiger partial charge >= 0.3 is 0 Å². The van der Waals surface area contributed by atoms with Gasteiger partial charge in [-0.1, -0.05) is 49.2 Å². The van der Waals surface area contributed by atoms with Crippen molar-refractivity contribution in [3.8, 4) is 11.8 Å². The Balaban J connectivity index is 1.67. The largest absolute Gasteiger partial charge is 0.489 e. The van der Waals surface area contributed by atoms with E-state index in [1.807, 2.05) is 52.8 Å². The zero-order valence-electron chi connectivity index (χ0n) is 23.9. The van der Waals surface area contributed by atoms with Crippen molar-refractivity contribution in [3.05, 3.63) is 116 Å². The van der Waals surface area contributed by atoms with Crippen LogP contribution in [0.3, 0.4) is 0 Å². The average molecular weight is 570 g/mol. The monoisotopic (exact) mass is 569 g/mol. The minimum Gasteiger partial charge on any atom is -0.489 e. The Morgan fingerprint density at radius 1 is 1.12 bits per heavy atom. The number of nitriles is 1. The molecule has 0 amide bonds. The number of nitrogens with two attached hydrogens (primary N) is 1. The number of ether oxygens (including phenoxy) is 1. The number of benzene rings is 3. The van der Waals surface area contributed by atoms with Crippen LogP contribution in [0.2, 0.25) is 5.02 Å². The third kappa shape index (κ3) is 5.35. The molecule has 7 heteroatoms. The maximum atomic E-state index is 14.4. The Morgan fingerprint density at radius 3 is 2.56 bits per heavy atom. The lowest BCUT2D eigenvalue weighted by atomic mass is 9.68. The van der Waals surface area contributed by atoms with Crippen LogP contribution >= 0.6 is 11.6 Å². The summed E-state index contributed by atoms with van der Waals surface area (Å²) < 4.78 is 20.5. The number of ketones is 1. The molecule has 5 rings (SSSR count). The Kier molecular flexibility index (Phi) is 7.44. The number of aryl methyl sites for hydroxylation is 2. The van der Waals surface area contributed by atoms with Gasteiger partial charge in [-0.2, -0.15) is 5.26 Å². The van der Waals surface area contributed by atoms with Gasteiger partial charge < -0.3 is 10.5 Å². The zero-order chi connectivity index (χ0) is 29.6. The number of nitrogens with zero attached hydrogens (tertiary/aromatic N) is 2. The Morgan fingerprint density at radius 2 is 1.88 bits per heavy atom. The van der Waals surface area contributed by atoms with Gasteiger partial charge in [0.25, 0.3) is 0 Å². The molecular weight excluding hydrogens is 537 g/mol. The highest BCUT2D eigenvalue weighted by atomic mass is 35.5. The van der Waals surface area contributed by atoms with Gasteiger partial charge in [0.05, 0.1) is 23.2 Å². The summed E-state index contributed by atoms with van der Waals surface area (Å²) in [6, 6.07) is 18.0. The second-order valence-corrected chi connectivity index (χ2v) is 12.2. The van der Waals surface area contributed by atoms with Crippen LogP contribution in [0, 0.1) is 43.3 Å². The predicted molar refractivity (Wildman–Crippen MR) is 160 cm³/mol. The van der Waals surface area contributed by atoms with E-state index in [4.69, 9.17) is 22.1 Å². The standard InChI is InChI=1S/C34H33ClFN3O2/c1-19-11-22(18-41-30-10-9-23(35)13-20(30)2)21(3)26(12-19)31-27(17-37)33(38)39(25-8-6-7-24(36)14-25)28-15-34(4,5)16-29(40)32(28)31/h6-14,31H,15-16,18,38H2,1-5H3. The van der Waals surface area contributed by atoms with Gasteiger partial charge in [0, 0.05) is 22.7 Å². The summed E-state index contributed by atoms with van der Waals surface area (Å²) in [6.07, 6.45) is 0.895. The molecule has 41 heavy (non-hydrogen) atoms. The Labute approximate surface area is 245 Å². The van der Waals surface area contributed by atoms with Gasteiger partial charge in [-0.25, -0.2) is 4.39 Å². The molecule has 0 spiro atoms. The molecule has 0 saturated carbocycles. The lowest BCUT2D eigenvalue weighted by molar-refractivity contribution is -0.118. The van der Waals surface area contributed by atoms with Crippen molar-refractivity contribution in [3.63, 3.8) is 0 Å². The molecule has 3 aromatic rings. The van der Waals surface area contributed by atoms with E-state index < -0.39 is 11.7 Å². The third-order valence-corrected chi connectivity index (χ3v) is 8.21. The lowest BCUT2D eigenvalue weighted by Crippen LogP contribution is -2.42. The highest BCUT2D eigenvalue weighted by molar-refractivity contribution is 6.30. The van der Waals surface area contributed by atoms with E-state index >= 15 is 0 Å². The van der Waals surface area contributed by atoms with E-state index in [-0.39, 0.29) is 22.6 Å². The first-order chi connectivity index (χ1) is 19.4. The summed E-state index contributed by atoms with van der Waals surface area (Å²) in [4.78, 5) is 15.6. The molecule has 210 valence electrons. The number of Topliss-reactive ketones (excluding diaryl/α,β-unsaturated/α-hetero) is 1. The first-order valence-electron chi connectivity index (χ1n) is 13.6. The summed E-state index contributed by atoms with van der Waals surface area (Å²) in [5, 5.41) is 11.1. The number of rotatable bonds is 5. The second kappa shape index (κ2) is 10.7. The lowest BCUT2D eigenvalue weighted by Gasteiger charge is -2.44. The maximum absolute atomic E-state index is 14.4. The maximum Gasteiger partial charge on any atom is 0.162 e. The van der Waals surface area contributed by atoms with Crippen LogP contribution in [0.5, 0.6) is 5.75 Å². The number of halogens is 2. The zero-order valence-corrected chi connectivity index (χ0v) is 24.7. The fourth-order valence-corrected chi connectivity index (χ4v) is 6.30. The molecule has 0 bridgehead atoms. The molecule has 1 aliphatic carbocycles. The van der Waals surface area contributed by atoms with Gasteiger partial charge in [0.2, 0.25) is 0 Å². The van der Waals surface area contributed by atoms with Gasteiger partial charge in [0.15, 0.2) is 5.78 Å². The number of carbonyl (C=O) groups is 1. The second-order valence-electron chi connectivity index (χ2n) is 11.8. The molecule has 0 radical (unpaired) electrons. The van der Waals surface area contributed by atoms with Gasteiger partial charge in [-0.05, 0) is 91.3 Å². The summed E-state index contributed by atoms with van der Waals surface area (Å²) in [6.45, 7) is 10.3. The molecule has 2 N–H and O–H groups in total. The summed E-state index contributed by atoms with van der Waals surface area (Å²) in [5.74, 6) is -0.146. The van der Waals surface area contributed by atoms with Crippen molar-refractivity contribution in [1.29, 1.82) is 5.26 Å². The topological polar surface area (TPSA) is 79.3 Å². The van der Waals surface area contributed by atoms with Crippen LogP contribution in [0.15, 0.2) is 77.3 Å². The van der Waals surface area contributed by atoms with E-state index in [1.54, 1.807) is 23.1 Å². The van der Waals surface area contributed by atoms with E-state index in [1.165, 1.54) is 12.1 Å². The predicted octanol–water partition coefficient (Wildman–Crippen LogP) is 7.92. The van der Waals surface area contributed by atoms with Crippen LogP contribution < -0.4 is 15.4 Å². The van der Waals surface area contributed by atoms with Crippen LogP contribution in [0.4, 0.5) is 10.1 Å². The number of hydrogen-bond donors (Lipinski definition) is 1. The van der Waals surface area contributed by atoms with Gasteiger partial charge in [0.1, 0.15) is 24.0 Å². The molecule has 0 fully saturated rings. The number of anilines is 1. The molecule has 1 heterocycles. The number of carbonyl (C=O) groups excluding carboxylic acids is 1. The smallest absolute Gasteiger partial charge is 0.162 e. The van der Waals surface area contributed by atoms with Crippen LogP contribution in [-0.4, -0.2) is 5.78 Å². The third-order valence-electron chi connectivity index (χ3n) is 7.98. The molecule has 0 aromatic heterocycles. The molecular formula is C34H33ClFN3O2. The van der Waals surface area contributed by atoms with Crippen molar-refractivity contribution in [2.75, 3.05) is 4.90 Å². The molecule has 1 unspecified atom stereocenters. The van der Waals surface area contributed by atoms with Gasteiger partial charge in [-0.15, -0.1) is 0 Å². The SMILES string of the molecule is Cc1cc(COc2ccc(Cl)cc2C)c(C)c(C2C(C#N)=C(N)N(c3cccc(F)c3)C3=C2C(=O)CC(C)(C)C3)c1. The molecule has 3 aromatic carbocycles. The van der Waals surface area contributed by atoms with E-state index in [2.05, 4.69) is 12.1 Å². The van der Waals surface area contributed by atoms with Gasteiger partial charge in [-0.3, -0.25) is 9.69 Å². The van der Waals surface area contributed by atoms with E-state index in [0.29, 0.717) is 41.4 Å². The molecule has 2 aliphatic rings. The minimum absolute atomic E-state index is 0.0293. The Hall–Kier alpha value is -4.08. The minimum atomic E-state index is -0.640. The van der Waals surface area contributed by atoms with E-state index in [0.717, 1.165) is 33.6 Å². The number of hydrogen-bond acceptors (Lipinski definition) is 5. The van der Waals surface area contributed by atoms with Crippen molar-refractivity contribution >= 4 is 23.1 Å². The highest BCUT2D eigenvalue weighted by Gasteiger charge is 2.45. The van der Waals surface area contributed by atoms with Crippen molar-refractivity contribution in [1.82, 2.24) is 0 Å². The van der Waals surface area contributed by atoms with Crippen molar-refractivity contribution in [2.24, 2.45) is 11.1 Å². The van der Waals surface area contributed by atoms with Crippen LogP contribution in [0.1, 0.15) is 60.4 Å². The fourth-order valence-electron chi connectivity index (χ4n) is 6.07. The Bertz CT molecular complexity index is 1680. The molecule has 5 nitrogen and oxygen atoms in total. The summed E-state index contributed by atoms with van der Waals surface area (Å²) in [5.41, 5.74) is 13.1. The first-order valence-corrected chi connectivity index (χ1v) is 14.0. The van der Waals surface area contributed by atoms with Crippen molar-refractivity contribution < 1.29 is 13.9 Å². The van der Waals surface area contributed by atoms with Crippen molar-refractivity contribution in [2.45, 2.75) is 60.0 Å². The van der Waals surface area contributed by atoms with Crippen LogP contribution in [-0.2, 0) is 11.4 Å². The first kappa shape index (κ1) is 28.4. The normalized spacial score (nSPS) is 18.3. The average Bonchev–Trinajstić information content (AvgIpc) is 2.88. The van der Waals surface area contributed by atoms with Crippen LogP contribution in [0.25, 0.3) is 0 Å². The number of allylic oxidation sites excluding steroid dienone is 3.